The molecule has 0 atom stereocenters. The first-order valence-corrected chi connectivity index (χ1v) is 5.83. The lowest BCUT2D eigenvalue weighted by Crippen LogP contribution is -2.47. The van der Waals surface area contributed by atoms with Gasteiger partial charge in [-0.1, -0.05) is 0 Å². The Labute approximate surface area is 96.1 Å². The summed E-state index contributed by atoms with van der Waals surface area (Å²) >= 11 is 0. The molecule has 16 heavy (non-hydrogen) atoms. The Hall–Kier alpha value is -0.260. The van der Waals surface area contributed by atoms with Gasteiger partial charge in [0, 0.05) is 18.6 Å². The molecule has 0 bridgehead atoms. The van der Waals surface area contributed by atoms with Crippen molar-refractivity contribution in [2.45, 2.75) is 32.2 Å². The van der Waals surface area contributed by atoms with E-state index in [-0.39, 0.29) is 5.54 Å². The number of rotatable bonds is 5. The lowest BCUT2D eigenvalue weighted by molar-refractivity contribution is 0.00886. The van der Waals surface area contributed by atoms with Gasteiger partial charge in [0.2, 0.25) is 0 Å². The van der Waals surface area contributed by atoms with Gasteiger partial charge in [0.25, 0.3) is 6.43 Å². The van der Waals surface area contributed by atoms with Gasteiger partial charge in [-0.15, -0.1) is 0 Å². The predicted octanol–water partition coefficient (Wildman–Crippen LogP) is 1.34. The van der Waals surface area contributed by atoms with Crippen LogP contribution in [0.3, 0.4) is 0 Å². The van der Waals surface area contributed by atoms with Gasteiger partial charge in [0.15, 0.2) is 0 Å². The van der Waals surface area contributed by atoms with Crippen molar-refractivity contribution >= 4 is 0 Å². The summed E-state index contributed by atoms with van der Waals surface area (Å²) in [5, 5.41) is 3.46. The Kier molecular flexibility index (Phi) is 5.58. The molecule has 1 aliphatic rings. The molecule has 0 unspecified atom stereocenters. The summed E-state index contributed by atoms with van der Waals surface area (Å²) < 4.78 is 28.6. The van der Waals surface area contributed by atoms with Crippen molar-refractivity contribution in [2.24, 2.45) is 0 Å². The molecule has 1 fully saturated rings. The van der Waals surface area contributed by atoms with Crippen molar-refractivity contribution in [1.29, 1.82) is 0 Å². The van der Waals surface area contributed by atoms with Crippen molar-refractivity contribution in [3.63, 3.8) is 0 Å². The Balaban J connectivity index is 2.19. The fourth-order valence-corrected chi connectivity index (χ4v) is 1.98. The smallest absolute Gasteiger partial charge is 0.261 e. The van der Waals surface area contributed by atoms with E-state index in [9.17, 15) is 8.78 Å². The van der Waals surface area contributed by atoms with Gasteiger partial charge in [-0.05, 0) is 33.4 Å². The molecule has 96 valence electrons. The average Bonchev–Trinajstić information content (AvgIpc) is 2.33. The maximum atomic E-state index is 11.8. The van der Waals surface area contributed by atoms with Crippen molar-refractivity contribution in [2.75, 3.05) is 39.4 Å². The molecule has 0 aromatic rings. The molecule has 1 aliphatic heterocycles. The fraction of sp³-hybridized carbons (Fsp3) is 1.00. The van der Waals surface area contributed by atoms with Crippen molar-refractivity contribution in [3.05, 3.63) is 0 Å². The molecule has 0 aliphatic carbocycles. The third kappa shape index (κ3) is 5.72. The Morgan fingerprint density at radius 2 is 2.19 bits per heavy atom. The van der Waals surface area contributed by atoms with Gasteiger partial charge in [-0.2, -0.15) is 0 Å². The molecular weight excluding hydrogens is 214 g/mol. The van der Waals surface area contributed by atoms with Crippen LogP contribution in [0.15, 0.2) is 0 Å². The SMILES string of the molecule is CC1(C)CN(CCOCC(F)F)CCCN1. The molecule has 1 rings (SSSR count). The van der Waals surface area contributed by atoms with Crippen LogP contribution in [0.4, 0.5) is 8.78 Å². The minimum Gasteiger partial charge on any atom is -0.374 e. The highest BCUT2D eigenvalue weighted by molar-refractivity contribution is 4.84. The highest BCUT2D eigenvalue weighted by Crippen LogP contribution is 2.09. The van der Waals surface area contributed by atoms with Gasteiger partial charge >= 0.3 is 0 Å². The summed E-state index contributed by atoms with van der Waals surface area (Å²) in [6, 6.07) is 0. The summed E-state index contributed by atoms with van der Waals surface area (Å²) in [5.41, 5.74) is 0.0964. The molecule has 0 aromatic carbocycles. The molecule has 3 nitrogen and oxygen atoms in total. The molecule has 0 saturated carbocycles. The maximum Gasteiger partial charge on any atom is 0.261 e. The molecule has 1 N–H and O–H groups in total. The number of hydrogen-bond acceptors (Lipinski definition) is 3. The van der Waals surface area contributed by atoms with Crippen LogP contribution in [0.25, 0.3) is 0 Å². The maximum absolute atomic E-state index is 11.8. The highest BCUT2D eigenvalue weighted by Gasteiger charge is 2.23. The van der Waals surface area contributed by atoms with Crippen LogP contribution in [0.1, 0.15) is 20.3 Å². The second kappa shape index (κ2) is 6.47. The van der Waals surface area contributed by atoms with Gasteiger partial charge in [-0.25, -0.2) is 8.78 Å². The minimum atomic E-state index is -2.36. The fourth-order valence-electron chi connectivity index (χ4n) is 1.98. The molecule has 1 saturated heterocycles. The van der Waals surface area contributed by atoms with Crippen LogP contribution in [-0.2, 0) is 4.74 Å². The van der Waals surface area contributed by atoms with Gasteiger partial charge < -0.3 is 10.1 Å². The molecular formula is C11H22F2N2O. The quantitative estimate of drug-likeness (QED) is 0.729. The van der Waals surface area contributed by atoms with Crippen LogP contribution >= 0.6 is 0 Å². The van der Waals surface area contributed by atoms with E-state index in [1.54, 1.807) is 0 Å². The molecule has 0 spiro atoms. The summed E-state index contributed by atoms with van der Waals surface area (Å²) in [6.45, 7) is 7.95. The van der Waals surface area contributed by atoms with E-state index in [2.05, 4.69) is 24.1 Å². The first-order chi connectivity index (χ1) is 7.49. The zero-order valence-electron chi connectivity index (χ0n) is 10.1. The third-order valence-corrected chi connectivity index (χ3v) is 2.67. The van der Waals surface area contributed by atoms with E-state index >= 15 is 0 Å². The van der Waals surface area contributed by atoms with Gasteiger partial charge in [0.1, 0.15) is 6.61 Å². The number of nitrogens with one attached hydrogen (secondary N) is 1. The molecule has 0 amide bonds. The summed E-state index contributed by atoms with van der Waals surface area (Å²) in [5.74, 6) is 0. The number of ether oxygens (including phenoxy) is 1. The van der Waals surface area contributed by atoms with Crippen molar-refractivity contribution in [3.8, 4) is 0 Å². The Morgan fingerprint density at radius 3 is 2.88 bits per heavy atom. The largest absolute Gasteiger partial charge is 0.374 e. The normalized spacial score (nSPS) is 22.3. The Morgan fingerprint density at radius 1 is 1.44 bits per heavy atom. The lowest BCUT2D eigenvalue weighted by atomic mass is 10.1. The minimum absolute atomic E-state index is 0.0964. The second-order valence-electron chi connectivity index (χ2n) is 4.91. The van der Waals surface area contributed by atoms with E-state index in [0.717, 1.165) is 32.6 Å². The standard InChI is InChI=1S/C11H22F2N2O/c1-11(2)9-15(5-3-4-14-11)6-7-16-8-10(12)13/h10,14H,3-9H2,1-2H3. The number of halogens is 2. The van der Waals surface area contributed by atoms with Crippen molar-refractivity contribution < 1.29 is 13.5 Å². The number of nitrogens with zero attached hydrogens (tertiary/aromatic N) is 1. The monoisotopic (exact) mass is 236 g/mol. The molecule has 1 heterocycles. The van der Waals surface area contributed by atoms with E-state index in [1.807, 2.05) is 0 Å². The van der Waals surface area contributed by atoms with Crippen LogP contribution in [0.5, 0.6) is 0 Å². The summed E-state index contributed by atoms with van der Waals surface area (Å²) in [4.78, 5) is 2.27. The van der Waals surface area contributed by atoms with Gasteiger partial charge in [0.05, 0.1) is 6.61 Å². The first kappa shape index (κ1) is 13.8. The summed E-state index contributed by atoms with van der Waals surface area (Å²) in [6.07, 6.45) is -1.26. The van der Waals surface area contributed by atoms with Gasteiger partial charge in [-0.3, -0.25) is 4.90 Å². The van der Waals surface area contributed by atoms with Crippen LogP contribution in [0, 0.1) is 0 Å². The van der Waals surface area contributed by atoms with Crippen LogP contribution < -0.4 is 5.32 Å². The third-order valence-electron chi connectivity index (χ3n) is 2.67. The zero-order valence-corrected chi connectivity index (χ0v) is 10.1. The van der Waals surface area contributed by atoms with E-state index in [4.69, 9.17) is 4.74 Å². The van der Waals surface area contributed by atoms with E-state index in [1.165, 1.54) is 0 Å². The average molecular weight is 236 g/mol. The second-order valence-corrected chi connectivity index (χ2v) is 4.91. The van der Waals surface area contributed by atoms with E-state index < -0.39 is 13.0 Å². The number of alkyl halides is 2. The number of hydrogen-bond donors (Lipinski definition) is 1. The van der Waals surface area contributed by atoms with Crippen molar-refractivity contribution in [1.82, 2.24) is 10.2 Å². The van der Waals surface area contributed by atoms with Crippen LogP contribution in [-0.4, -0.2) is 56.3 Å². The van der Waals surface area contributed by atoms with Crippen LogP contribution in [0.2, 0.25) is 0 Å². The van der Waals surface area contributed by atoms with E-state index in [0.29, 0.717) is 6.61 Å². The highest BCUT2D eigenvalue weighted by atomic mass is 19.3. The molecule has 5 heteroatoms. The molecule has 0 radical (unpaired) electrons. The lowest BCUT2D eigenvalue weighted by Gasteiger charge is -2.29. The Bertz CT molecular complexity index is 200. The molecule has 0 aromatic heterocycles. The first-order valence-electron chi connectivity index (χ1n) is 5.83. The summed E-state index contributed by atoms with van der Waals surface area (Å²) in [7, 11) is 0. The topological polar surface area (TPSA) is 24.5 Å². The predicted molar refractivity (Wildman–Crippen MR) is 60.0 cm³/mol. The zero-order chi connectivity index (χ0) is 12.0.